The van der Waals surface area contributed by atoms with Crippen LogP contribution in [0.15, 0.2) is 0 Å². The van der Waals surface area contributed by atoms with E-state index in [1.54, 1.807) is 0 Å². The van der Waals surface area contributed by atoms with E-state index in [1.165, 1.54) is 0 Å². The number of carbonyl (C=O) groups is 1. The Bertz CT molecular complexity index is 245. The number of amides is 1. The van der Waals surface area contributed by atoms with Gasteiger partial charge in [0.1, 0.15) is 0 Å². The van der Waals surface area contributed by atoms with Gasteiger partial charge in [0.05, 0.1) is 25.2 Å². The van der Waals surface area contributed by atoms with Crippen molar-refractivity contribution in [2.75, 3.05) is 32.8 Å². The molecule has 0 aliphatic carbocycles. The number of rotatable bonds is 1. The Balaban J connectivity index is 1.99. The van der Waals surface area contributed by atoms with Crippen molar-refractivity contribution in [1.82, 2.24) is 10.2 Å². The van der Waals surface area contributed by atoms with Gasteiger partial charge < -0.3 is 15.0 Å². The molecule has 0 bridgehead atoms. The molecule has 0 unspecified atom stereocenters. The van der Waals surface area contributed by atoms with Crippen molar-refractivity contribution in [3.05, 3.63) is 0 Å². The summed E-state index contributed by atoms with van der Waals surface area (Å²) in [5, 5.41) is 3.28. The minimum atomic E-state index is 0.172. The molecule has 0 aromatic heterocycles. The number of hydrogen-bond donors (Lipinski definition) is 1. The molecule has 4 heteroatoms. The van der Waals surface area contributed by atoms with Crippen molar-refractivity contribution in [2.45, 2.75) is 19.9 Å². The minimum Gasteiger partial charge on any atom is -0.377 e. The minimum absolute atomic E-state index is 0.172. The third-order valence-corrected chi connectivity index (χ3v) is 3.49. The van der Waals surface area contributed by atoms with Crippen LogP contribution in [-0.4, -0.2) is 49.7 Å². The van der Waals surface area contributed by atoms with Gasteiger partial charge in [-0.05, 0) is 19.4 Å². The molecule has 2 fully saturated rings. The third kappa shape index (κ3) is 2.16. The van der Waals surface area contributed by atoms with Gasteiger partial charge in [0.15, 0.2) is 0 Å². The lowest BCUT2D eigenvalue weighted by molar-refractivity contribution is -0.144. The Morgan fingerprint density at radius 3 is 2.80 bits per heavy atom. The zero-order chi connectivity index (χ0) is 10.8. The Kier molecular flexibility index (Phi) is 3.26. The fourth-order valence-corrected chi connectivity index (χ4v) is 2.41. The van der Waals surface area contributed by atoms with Gasteiger partial charge in [0.25, 0.3) is 0 Å². The lowest BCUT2D eigenvalue weighted by Gasteiger charge is -2.35. The maximum absolute atomic E-state index is 12.3. The Morgan fingerprint density at radius 2 is 2.20 bits per heavy atom. The van der Waals surface area contributed by atoms with Gasteiger partial charge in [-0.1, -0.05) is 6.92 Å². The van der Waals surface area contributed by atoms with Crippen molar-refractivity contribution >= 4 is 5.91 Å². The van der Waals surface area contributed by atoms with Gasteiger partial charge in [-0.15, -0.1) is 0 Å². The van der Waals surface area contributed by atoms with Crippen molar-refractivity contribution in [2.24, 2.45) is 11.8 Å². The van der Waals surface area contributed by atoms with Crippen LogP contribution in [0.25, 0.3) is 0 Å². The van der Waals surface area contributed by atoms with Gasteiger partial charge in [0.2, 0.25) is 5.91 Å². The smallest absolute Gasteiger partial charge is 0.227 e. The van der Waals surface area contributed by atoms with E-state index in [0.717, 1.165) is 19.6 Å². The molecule has 15 heavy (non-hydrogen) atoms. The molecule has 0 aromatic carbocycles. The molecule has 0 aromatic rings. The molecule has 1 N–H and O–H groups in total. The first-order valence-corrected chi connectivity index (χ1v) is 5.79. The van der Waals surface area contributed by atoms with Crippen LogP contribution >= 0.6 is 0 Å². The van der Waals surface area contributed by atoms with Crippen LogP contribution in [0, 0.1) is 11.8 Å². The Hall–Kier alpha value is -0.610. The average Bonchev–Trinajstić information content (AvgIpc) is 2.64. The Morgan fingerprint density at radius 1 is 1.40 bits per heavy atom. The predicted octanol–water partition coefficient (Wildman–Crippen LogP) is 0.0892. The van der Waals surface area contributed by atoms with E-state index in [4.69, 9.17) is 4.74 Å². The van der Waals surface area contributed by atoms with Crippen molar-refractivity contribution in [3.63, 3.8) is 0 Å². The predicted molar refractivity (Wildman–Crippen MR) is 57.5 cm³/mol. The normalized spacial score (nSPS) is 36.9. The van der Waals surface area contributed by atoms with Crippen LogP contribution in [0.3, 0.4) is 0 Å². The molecule has 2 aliphatic heterocycles. The lowest BCUT2D eigenvalue weighted by atomic mass is 9.96. The van der Waals surface area contributed by atoms with E-state index in [0.29, 0.717) is 25.0 Å². The number of ether oxygens (including phenoxy) is 1. The molecule has 0 radical (unpaired) electrons. The third-order valence-electron chi connectivity index (χ3n) is 3.49. The topological polar surface area (TPSA) is 41.6 Å². The molecular formula is C11H20N2O2. The van der Waals surface area contributed by atoms with Crippen LogP contribution in [0.5, 0.6) is 0 Å². The van der Waals surface area contributed by atoms with E-state index in [1.807, 2.05) is 4.90 Å². The molecule has 3 atom stereocenters. The van der Waals surface area contributed by atoms with E-state index in [2.05, 4.69) is 19.2 Å². The summed E-state index contributed by atoms with van der Waals surface area (Å²) in [7, 11) is 0. The number of carbonyl (C=O) groups excluding carboxylic acids is 1. The molecule has 4 nitrogen and oxygen atoms in total. The van der Waals surface area contributed by atoms with Gasteiger partial charge in [-0.3, -0.25) is 4.79 Å². The number of hydrogen-bond acceptors (Lipinski definition) is 3. The fourth-order valence-electron chi connectivity index (χ4n) is 2.41. The molecule has 2 aliphatic rings. The molecule has 2 rings (SSSR count). The van der Waals surface area contributed by atoms with Crippen LogP contribution < -0.4 is 5.32 Å². The maximum Gasteiger partial charge on any atom is 0.227 e. The fraction of sp³-hybridized carbons (Fsp3) is 0.909. The van der Waals surface area contributed by atoms with Gasteiger partial charge in [-0.2, -0.15) is 0 Å². The summed E-state index contributed by atoms with van der Waals surface area (Å²) in [5.41, 5.74) is 0. The van der Waals surface area contributed by atoms with Crippen LogP contribution in [0.4, 0.5) is 0 Å². The van der Waals surface area contributed by atoms with Gasteiger partial charge in [-0.25, -0.2) is 0 Å². The first-order chi connectivity index (χ1) is 7.20. The van der Waals surface area contributed by atoms with Gasteiger partial charge >= 0.3 is 0 Å². The van der Waals surface area contributed by atoms with Crippen molar-refractivity contribution in [1.29, 1.82) is 0 Å². The van der Waals surface area contributed by atoms with E-state index < -0.39 is 0 Å². The molecular weight excluding hydrogens is 192 g/mol. The second-order valence-corrected chi connectivity index (χ2v) is 4.70. The summed E-state index contributed by atoms with van der Waals surface area (Å²) in [5.74, 6) is 0.946. The first-order valence-electron chi connectivity index (χ1n) is 5.79. The second kappa shape index (κ2) is 4.49. The Labute approximate surface area is 91.0 Å². The summed E-state index contributed by atoms with van der Waals surface area (Å²) in [6.07, 6.45) is 0. The second-order valence-electron chi connectivity index (χ2n) is 4.70. The number of nitrogens with one attached hydrogen (secondary N) is 1. The monoisotopic (exact) mass is 212 g/mol. The molecule has 0 saturated carbocycles. The number of nitrogens with zero attached hydrogens (tertiary/aromatic N) is 1. The standard InChI is InChI=1S/C11H20N2O2/c1-8-5-12-6-10(8)11(14)13-3-4-15-7-9(13)2/h8-10,12H,3-7H2,1-2H3/t8-,9-,10-/m1/s1. The molecule has 1 amide bonds. The molecule has 0 spiro atoms. The summed E-state index contributed by atoms with van der Waals surface area (Å²) < 4.78 is 5.34. The van der Waals surface area contributed by atoms with Crippen LogP contribution in [0.1, 0.15) is 13.8 Å². The summed E-state index contributed by atoms with van der Waals surface area (Å²) in [6, 6.07) is 0.235. The first kappa shape index (κ1) is 10.9. The highest BCUT2D eigenvalue weighted by Crippen LogP contribution is 2.20. The highest BCUT2D eigenvalue weighted by Gasteiger charge is 2.35. The average molecular weight is 212 g/mol. The maximum atomic E-state index is 12.3. The highest BCUT2D eigenvalue weighted by atomic mass is 16.5. The van der Waals surface area contributed by atoms with E-state index in [-0.39, 0.29) is 12.0 Å². The van der Waals surface area contributed by atoms with Gasteiger partial charge in [0, 0.05) is 13.1 Å². The van der Waals surface area contributed by atoms with Crippen molar-refractivity contribution in [3.8, 4) is 0 Å². The summed E-state index contributed by atoms with van der Waals surface area (Å²) in [4.78, 5) is 14.2. The highest BCUT2D eigenvalue weighted by molar-refractivity contribution is 5.80. The molecule has 2 heterocycles. The van der Waals surface area contributed by atoms with Crippen LogP contribution in [0.2, 0.25) is 0 Å². The molecule has 2 saturated heterocycles. The quantitative estimate of drug-likeness (QED) is 0.670. The zero-order valence-electron chi connectivity index (χ0n) is 9.53. The van der Waals surface area contributed by atoms with Crippen LogP contribution in [-0.2, 0) is 9.53 Å². The largest absolute Gasteiger partial charge is 0.377 e. The molecule has 86 valence electrons. The zero-order valence-corrected chi connectivity index (χ0v) is 9.53. The van der Waals surface area contributed by atoms with E-state index in [9.17, 15) is 4.79 Å². The van der Waals surface area contributed by atoms with E-state index >= 15 is 0 Å². The SMILES string of the molecule is C[C@@H]1CNC[C@H]1C(=O)N1CCOC[C@H]1C. The lowest BCUT2D eigenvalue weighted by Crippen LogP contribution is -2.50. The number of morpholine rings is 1. The summed E-state index contributed by atoms with van der Waals surface area (Å²) in [6.45, 7) is 8.13. The van der Waals surface area contributed by atoms with Crippen molar-refractivity contribution < 1.29 is 9.53 Å². The summed E-state index contributed by atoms with van der Waals surface area (Å²) >= 11 is 0.